The van der Waals surface area contributed by atoms with E-state index in [1.54, 1.807) is 32.9 Å². The highest BCUT2D eigenvalue weighted by atomic mass is 19.4. The smallest absolute Gasteiger partial charge is 0.416 e. The molecule has 0 N–H and O–H groups in total. The fraction of sp³-hybridized carbons (Fsp3) is 0.406. The molecule has 1 unspecified atom stereocenters. The number of carbonyl (C=O) groups is 1. The fourth-order valence-corrected chi connectivity index (χ4v) is 5.08. The normalized spacial score (nSPS) is 14.4. The van der Waals surface area contributed by atoms with E-state index in [0.29, 0.717) is 23.3 Å². The Labute approximate surface area is 228 Å². The number of hydrogen-bond donors (Lipinski definition) is 0. The summed E-state index contributed by atoms with van der Waals surface area (Å²) in [6.07, 6.45) is -3.01. The van der Waals surface area contributed by atoms with Gasteiger partial charge in [0.2, 0.25) is 0 Å². The van der Waals surface area contributed by atoms with Crippen molar-refractivity contribution in [3.05, 3.63) is 76.9 Å². The van der Waals surface area contributed by atoms with Gasteiger partial charge in [0.05, 0.1) is 24.9 Å². The van der Waals surface area contributed by atoms with E-state index in [2.05, 4.69) is 6.92 Å². The molecule has 4 nitrogen and oxygen atoms in total. The van der Waals surface area contributed by atoms with Crippen LogP contribution in [-0.2, 0) is 33.3 Å². The highest BCUT2D eigenvalue weighted by molar-refractivity contribution is 5.91. The highest BCUT2D eigenvalue weighted by Gasteiger charge is 2.42. The number of ether oxygens (including phenoxy) is 3. The maximum atomic E-state index is 14.6. The van der Waals surface area contributed by atoms with Gasteiger partial charge in [-0.25, -0.2) is 4.79 Å². The first-order valence-electron chi connectivity index (χ1n) is 13.3. The molecule has 0 aromatic heterocycles. The van der Waals surface area contributed by atoms with Crippen molar-refractivity contribution in [2.45, 2.75) is 71.3 Å². The van der Waals surface area contributed by atoms with Gasteiger partial charge in [0, 0.05) is 5.56 Å². The number of fused-ring (bicyclic) bond motifs is 1. The van der Waals surface area contributed by atoms with Gasteiger partial charge < -0.3 is 14.2 Å². The molecule has 0 saturated carbocycles. The number of rotatable bonds is 7. The van der Waals surface area contributed by atoms with Crippen LogP contribution in [0, 0.1) is 0 Å². The van der Waals surface area contributed by atoms with E-state index in [1.165, 1.54) is 6.07 Å². The van der Waals surface area contributed by atoms with Gasteiger partial charge >= 0.3 is 12.1 Å². The molecule has 208 valence electrons. The van der Waals surface area contributed by atoms with Crippen LogP contribution >= 0.6 is 0 Å². The Hall–Kier alpha value is -3.32. The molecule has 0 spiro atoms. The summed E-state index contributed by atoms with van der Waals surface area (Å²) in [4.78, 5) is 13.1. The van der Waals surface area contributed by atoms with Crippen LogP contribution < -0.4 is 4.74 Å². The molecule has 1 aliphatic heterocycles. The van der Waals surface area contributed by atoms with Crippen LogP contribution in [0.25, 0.3) is 22.3 Å². The molecule has 0 radical (unpaired) electrons. The maximum Gasteiger partial charge on any atom is 0.416 e. The number of esters is 1. The summed E-state index contributed by atoms with van der Waals surface area (Å²) in [6, 6.07) is 15.8. The molecule has 0 bridgehead atoms. The van der Waals surface area contributed by atoms with Crippen LogP contribution in [0.2, 0.25) is 0 Å². The van der Waals surface area contributed by atoms with E-state index < -0.39 is 29.4 Å². The molecule has 1 atom stereocenters. The van der Waals surface area contributed by atoms with E-state index in [0.717, 1.165) is 61.3 Å². The van der Waals surface area contributed by atoms with Crippen LogP contribution in [0.4, 0.5) is 13.2 Å². The zero-order valence-corrected chi connectivity index (χ0v) is 23.1. The average molecular weight is 541 g/mol. The SMILES string of the molecule is CCCc1cccc(-c2ccc(C(F)(F)F)c(C(OC(C)(C)C)C(=O)OC)c2-c2ccc3c(c2)CCCO3)c1. The minimum absolute atomic E-state index is 0.251. The van der Waals surface area contributed by atoms with Crippen molar-refractivity contribution < 1.29 is 32.2 Å². The molecular formula is C32H35F3O4. The zero-order valence-electron chi connectivity index (χ0n) is 23.1. The van der Waals surface area contributed by atoms with Gasteiger partial charge in [-0.05, 0) is 91.6 Å². The lowest BCUT2D eigenvalue weighted by atomic mass is 9.83. The summed E-state index contributed by atoms with van der Waals surface area (Å²) in [5.74, 6) is -0.171. The fourth-order valence-electron chi connectivity index (χ4n) is 5.08. The van der Waals surface area contributed by atoms with Crippen LogP contribution in [-0.4, -0.2) is 25.3 Å². The van der Waals surface area contributed by atoms with Crippen LogP contribution in [0.3, 0.4) is 0 Å². The zero-order chi connectivity index (χ0) is 28.4. The molecule has 0 saturated heterocycles. The van der Waals surface area contributed by atoms with Gasteiger partial charge in [-0.3, -0.25) is 0 Å². The van der Waals surface area contributed by atoms with Crippen LogP contribution in [0.5, 0.6) is 5.75 Å². The molecule has 3 aromatic carbocycles. The Bertz CT molecular complexity index is 1340. The third-order valence-corrected chi connectivity index (χ3v) is 6.67. The minimum atomic E-state index is -4.74. The van der Waals surface area contributed by atoms with Crippen LogP contribution in [0.15, 0.2) is 54.6 Å². The Kier molecular flexibility index (Phi) is 8.40. The van der Waals surface area contributed by atoms with E-state index in [-0.39, 0.29) is 5.56 Å². The molecule has 1 heterocycles. The van der Waals surface area contributed by atoms with E-state index >= 15 is 0 Å². The largest absolute Gasteiger partial charge is 0.493 e. The van der Waals surface area contributed by atoms with E-state index in [9.17, 15) is 18.0 Å². The summed E-state index contributed by atoms with van der Waals surface area (Å²) < 4.78 is 60.8. The van der Waals surface area contributed by atoms with Crippen molar-refractivity contribution in [1.82, 2.24) is 0 Å². The van der Waals surface area contributed by atoms with Gasteiger partial charge in [-0.2, -0.15) is 13.2 Å². The summed E-state index contributed by atoms with van der Waals surface area (Å²) in [5, 5.41) is 0. The summed E-state index contributed by atoms with van der Waals surface area (Å²) in [5.41, 5.74) is 2.09. The molecule has 0 fully saturated rings. The predicted molar refractivity (Wildman–Crippen MR) is 146 cm³/mol. The highest BCUT2D eigenvalue weighted by Crippen LogP contribution is 2.47. The van der Waals surface area contributed by atoms with Crippen molar-refractivity contribution in [1.29, 1.82) is 0 Å². The first-order valence-corrected chi connectivity index (χ1v) is 13.3. The van der Waals surface area contributed by atoms with E-state index in [1.807, 2.05) is 30.3 Å². The third kappa shape index (κ3) is 6.47. The van der Waals surface area contributed by atoms with Crippen molar-refractivity contribution in [2.24, 2.45) is 0 Å². The third-order valence-electron chi connectivity index (χ3n) is 6.67. The average Bonchev–Trinajstić information content (AvgIpc) is 2.89. The summed E-state index contributed by atoms with van der Waals surface area (Å²) in [6.45, 7) is 7.77. The van der Waals surface area contributed by atoms with Crippen molar-refractivity contribution in [3.63, 3.8) is 0 Å². The summed E-state index contributed by atoms with van der Waals surface area (Å²) >= 11 is 0. The number of methoxy groups -OCH3 is 1. The second kappa shape index (κ2) is 11.4. The van der Waals surface area contributed by atoms with Crippen molar-refractivity contribution in [3.8, 4) is 28.0 Å². The molecule has 0 amide bonds. The predicted octanol–water partition coefficient (Wildman–Crippen LogP) is 8.35. The Balaban J connectivity index is 2.11. The molecule has 7 heteroatoms. The molecule has 0 aliphatic carbocycles. The van der Waals surface area contributed by atoms with Gasteiger partial charge in [0.1, 0.15) is 5.75 Å². The number of benzene rings is 3. The second-order valence-electron chi connectivity index (χ2n) is 10.8. The number of carbonyl (C=O) groups excluding carboxylic acids is 1. The number of hydrogen-bond acceptors (Lipinski definition) is 4. The van der Waals surface area contributed by atoms with E-state index in [4.69, 9.17) is 14.2 Å². The summed E-state index contributed by atoms with van der Waals surface area (Å²) in [7, 11) is 1.16. The van der Waals surface area contributed by atoms with Crippen molar-refractivity contribution >= 4 is 5.97 Å². The Morgan fingerprint density at radius 2 is 1.79 bits per heavy atom. The monoisotopic (exact) mass is 540 g/mol. The Morgan fingerprint density at radius 1 is 1.03 bits per heavy atom. The first kappa shape index (κ1) is 28.7. The van der Waals surface area contributed by atoms with Crippen LogP contribution in [0.1, 0.15) is 68.9 Å². The van der Waals surface area contributed by atoms with Gasteiger partial charge in [-0.1, -0.05) is 49.7 Å². The molecular weight excluding hydrogens is 505 g/mol. The quantitative estimate of drug-likeness (QED) is 0.283. The number of aryl methyl sites for hydroxylation is 2. The molecule has 1 aliphatic rings. The van der Waals surface area contributed by atoms with Crippen molar-refractivity contribution in [2.75, 3.05) is 13.7 Å². The molecule has 4 rings (SSSR count). The van der Waals surface area contributed by atoms with Gasteiger partial charge in [0.15, 0.2) is 6.10 Å². The number of alkyl halides is 3. The van der Waals surface area contributed by atoms with Gasteiger partial charge in [-0.15, -0.1) is 0 Å². The topological polar surface area (TPSA) is 44.8 Å². The lowest BCUT2D eigenvalue weighted by Crippen LogP contribution is -2.30. The second-order valence-corrected chi connectivity index (χ2v) is 10.8. The number of halogens is 3. The minimum Gasteiger partial charge on any atom is -0.493 e. The molecule has 3 aromatic rings. The maximum absolute atomic E-state index is 14.6. The lowest BCUT2D eigenvalue weighted by molar-refractivity contribution is -0.166. The first-order chi connectivity index (χ1) is 18.4. The van der Waals surface area contributed by atoms with Gasteiger partial charge in [0.25, 0.3) is 0 Å². The Morgan fingerprint density at radius 3 is 2.46 bits per heavy atom. The lowest BCUT2D eigenvalue weighted by Gasteiger charge is -2.31. The standard InChI is InChI=1S/C32H35F3O4/c1-6-9-20-10-7-11-21(18-20)24-14-15-25(32(33,34)35)28(29(30(36)37-5)39-31(2,3)4)27(24)23-13-16-26-22(19-23)12-8-17-38-26/h7,10-11,13-16,18-19,29H,6,8-9,12,17H2,1-5H3. The molecule has 39 heavy (non-hydrogen) atoms.